The lowest BCUT2D eigenvalue weighted by atomic mass is 10.1. The van der Waals surface area contributed by atoms with E-state index in [2.05, 4.69) is 5.32 Å². The van der Waals surface area contributed by atoms with E-state index in [4.69, 9.17) is 0 Å². The Balaban J connectivity index is 2.73. The van der Waals surface area contributed by atoms with Crippen molar-refractivity contribution in [1.82, 2.24) is 5.32 Å². The molecule has 0 aromatic heterocycles. The van der Waals surface area contributed by atoms with Crippen LogP contribution in [0.2, 0.25) is 0 Å². The Morgan fingerprint density at radius 2 is 2.23 bits per heavy atom. The summed E-state index contributed by atoms with van der Waals surface area (Å²) in [6, 6.07) is 5.10. The van der Waals surface area contributed by atoms with Gasteiger partial charge in [0.2, 0.25) is 0 Å². The van der Waals surface area contributed by atoms with Crippen LogP contribution in [0.4, 0.5) is 4.39 Å². The highest BCUT2D eigenvalue weighted by molar-refractivity contribution is 5.50. The van der Waals surface area contributed by atoms with Gasteiger partial charge in [0.05, 0.1) is 0 Å². The first kappa shape index (κ1) is 9.93. The fraction of sp³-hybridized carbons (Fsp3) is 0.273. The maximum Gasteiger partial charge on any atom is 0.126 e. The van der Waals surface area contributed by atoms with Crippen LogP contribution in [0.1, 0.15) is 11.1 Å². The van der Waals surface area contributed by atoms with E-state index in [1.807, 2.05) is 25.3 Å². The maximum atomic E-state index is 12.9. The Morgan fingerprint density at radius 1 is 1.46 bits per heavy atom. The van der Waals surface area contributed by atoms with Crippen LogP contribution in [0, 0.1) is 12.7 Å². The van der Waals surface area contributed by atoms with Gasteiger partial charge in [0.25, 0.3) is 0 Å². The normalized spacial score (nSPS) is 11.0. The quantitative estimate of drug-likeness (QED) is 0.751. The standard InChI is InChI=1S/C11H14FN/c1-9-8-10(4-3-7-13-2)5-6-11(9)12/h3-6,8,13H,7H2,1-2H3. The molecule has 0 aliphatic rings. The van der Waals surface area contributed by atoms with Crippen molar-refractivity contribution in [2.75, 3.05) is 13.6 Å². The fourth-order valence-corrected chi connectivity index (χ4v) is 1.08. The maximum absolute atomic E-state index is 12.9. The molecule has 0 aliphatic heterocycles. The second-order valence-corrected chi connectivity index (χ2v) is 2.97. The first-order valence-electron chi connectivity index (χ1n) is 4.31. The number of hydrogen-bond donors (Lipinski definition) is 1. The topological polar surface area (TPSA) is 12.0 Å². The highest BCUT2D eigenvalue weighted by atomic mass is 19.1. The molecule has 2 heteroatoms. The van der Waals surface area contributed by atoms with Gasteiger partial charge in [-0.3, -0.25) is 0 Å². The van der Waals surface area contributed by atoms with Crippen molar-refractivity contribution in [1.29, 1.82) is 0 Å². The number of hydrogen-bond acceptors (Lipinski definition) is 1. The van der Waals surface area contributed by atoms with Gasteiger partial charge in [-0.25, -0.2) is 4.39 Å². The number of halogens is 1. The summed E-state index contributed by atoms with van der Waals surface area (Å²) in [4.78, 5) is 0. The number of likely N-dealkylation sites (N-methyl/N-ethyl adjacent to an activating group) is 1. The smallest absolute Gasteiger partial charge is 0.126 e. The van der Waals surface area contributed by atoms with E-state index in [-0.39, 0.29) is 5.82 Å². The summed E-state index contributed by atoms with van der Waals surface area (Å²) in [7, 11) is 1.89. The van der Waals surface area contributed by atoms with Gasteiger partial charge in [0.1, 0.15) is 5.82 Å². The van der Waals surface area contributed by atoms with Crippen molar-refractivity contribution >= 4 is 6.08 Å². The van der Waals surface area contributed by atoms with E-state index >= 15 is 0 Å². The molecule has 0 atom stereocenters. The summed E-state index contributed by atoms with van der Waals surface area (Å²) >= 11 is 0. The van der Waals surface area contributed by atoms with E-state index in [1.54, 1.807) is 13.0 Å². The molecule has 1 N–H and O–H groups in total. The molecule has 0 aliphatic carbocycles. The Hall–Kier alpha value is -1.15. The van der Waals surface area contributed by atoms with E-state index in [9.17, 15) is 4.39 Å². The van der Waals surface area contributed by atoms with Crippen LogP contribution in [0.3, 0.4) is 0 Å². The van der Waals surface area contributed by atoms with Crippen LogP contribution < -0.4 is 5.32 Å². The van der Waals surface area contributed by atoms with Crippen LogP contribution in [0.5, 0.6) is 0 Å². The zero-order valence-corrected chi connectivity index (χ0v) is 7.97. The minimum Gasteiger partial charge on any atom is -0.316 e. The molecule has 1 rings (SSSR count). The highest BCUT2D eigenvalue weighted by Crippen LogP contribution is 2.10. The number of nitrogens with one attached hydrogen (secondary N) is 1. The Bertz CT molecular complexity index is 305. The molecule has 0 fully saturated rings. The molecule has 0 unspecified atom stereocenters. The van der Waals surface area contributed by atoms with Gasteiger partial charge in [0, 0.05) is 6.54 Å². The third-order valence-electron chi connectivity index (χ3n) is 1.81. The van der Waals surface area contributed by atoms with Crippen LogP contribution >= 0.6 is 0 Å². The summed E-state index contributed by atoms with van der Waals surface area (Å²) in [5, 5.41) is 3.00. The minimum absolute atomic E-state index is 0.147. The van der Waals surface area contributed by atoms with Crippen molar-refractivity contribution in [2.24, 2.45) is 0 Å². The number of benzene rings is 1. The van der Waals surface area contributed by atoms with E-state index in [1.165, 1.54) is 6.07 Å². The zero-order valence-electron chi connectivity index (χ0n) is 7.97. The molecule has 13 heavy (non-hydrogen) atoms. The van der Waals surface area contributed by atoms with Gasteiger partial charge in [0.15, 0.2) is 0 Å². The summed E-state index contributed by atoms with van der Waals surface area (Å²) in [6.45, 7) is 2.60. The van der Waals surface area contributed by atoms with Crippen molar-refractivity contribution in [3.8, 4) is 0 Å². The molecule has 0 spiro atoms. The Kier molecular flexibility index (Phi) is 3.65. The average Bonchev–Trinajstić information content (AvgIpc) is 2.12. The summed E-state index contributed by atoms with van der Waals surface area (Å²) in [5.74, 6) is -0.147. The van der Waals surface area contributed by atoms with Crippen molar-refractivity contribution < 1.29 is 4.39 Å². The first-order valence-corrected chi connectivity index (χ1v) is 4.31. The highest BCUT2D eigenvalue weighted by Gasteiger charge is 1.95. The van der Waals surface area contributed by atoms with Gasteiger partial charge in [-0.05, 0) is 37.2 Å². The number of aryl methyl sites for hydroxylation is 1. The van der Waals surface area contributed by atoms with Gasteiger partial charge in [-0.2, -0.15) is 0 Å². The largest absolute Gasteiger partial charge is 0.316 e. The van der Waals surface area contributed by atoms with Crippen LogP contribution in [0.15, 0.2) is 24.3 Å². The lowest BCUT2D eigenvalue weighted by Crippen LogP contribution is -2.03. The van der Waals surface area contributed by atoms with Crippen LogP contribution in [0.25, 0.3) is 6.08 Å². The predicted molar refractivity (Wildman–Crippen MR) is 54.1 cm³/mol. The molecular weight excluding hydrogens is 165 g/mol. The molecule has 1 aromatic carbocycles. The van der Waals surface area contributed by atoms with Crippen molar-refractivity contribution in [3.05, 3.63) is 41.2 Å². The minimum atomic E-state index is -0.147. The molecule has 0 saturated carbocycles. The van der Waals surface area contributed by atoms with Gasteiger partial charge < -0.3 is 5.32 Å². The Morgan fingerprint density at radius 3 is 2.85 bits per heavy atom. The Labute approximate surface area is 78.3 Å². The molecule has 0 radical (unpaired) electrons. The SMILES string of the molecule is CNCC=Cc1ccc(F)c(C)c1. The van der Waals surface area contributed by atoms with Crippen molar-refractivity contribution in [3.63, 3.8) is 0 Å². The average molecular weight is 179 g/mol. The van der Waals surface area contributed by atoms with E-state index < -0.39 is 0 Å². The van der Waals surface area contributed by atoms with Crippen LogP contribution in [-0.4, -0.2) is 13.6 Å². The van der Waals surface area contributed by atoms with Crippen molar-refractivity contribution in [2.45, 2.75) is 6.92 Å². The van der Waals surface area contributed by atoms with Crippen LogP contribution in [-0.2, 0) is 0 Å². The lowest BCUT2D eigenvalue weighted by molar-refractivity contribution is 0.618. The molecule has 70 valence electrons. The summed E-state index contributed by atoms with van der Waals surface area (Å²) < 4.78 is 12.9. The second-order valence-electron chi connectivity index (χ2n) is 2.97. The summed E-state index contributed by atoms with van der Waals surface area (Å²) in [5.41, 5.74) is 1.72. The van der Waals surface area contributed by atoms with Gasteiger partial charge in [-0.1, -0.05) is 18.2 Å². The van der Waals surface area contributed by atoms with E-state index in [0.29, 0.717) is 5.56 Å². The third kappa shape index (κ3) is 2.99. The lowest BCUT2D eigenvalue weighted by Gasteiger charge is -1.97. The molecular formula is C11H14FN. The molecule has 0 amide bonds. The summed E-state index contributed by atoms with van der Waals surface area (Å²) in [6.07, 6.45) is 3.98. The van der Waals surface area contributed by atoms with Gasteiger partial charge in [-0.15, -0.1) is 0 Å². The zero-order chi connectivity index (χ0) is 9.68. The van der Waals surface area contributed by atoms with Gasteiger partial charge >= 0.3 is 0 Å². The first-order chi connectivity index (χ1) is 6.24. The molecule has 0 heterocycles. The monoisotopic (exact) mass is 179 g/mol. The number of rotatable bonds is 3. The van der Waals surface area contributed by atoms with E-state index in [0.717, 1.165) is 12.1 Å². The second kappa shape index (κ2) is 4.77. The fourth-order valence-electron chi connectivity index (χ4n) is 1.08. The predicted octanol–water partition coefficient (Wildman–Crippen LogP) is 2.37. The molecule has 1 nitrogen and oxygen atoms in total. The molecule has 1 aromatic rings. The third-order valence-corrected chi connectivity index (χ3v) is 1.81. The molecule has 0 saturated heterocycles. The molecule has 0 bridgehead atoms.